The smallest absolute Gasteiger partial charge is 0.145 e. The third kappa shape index (κ3) is 2.83. The molecule has 0 saturated carbocycles. The lowest BCUT2D eigenvalue weighted by atomic mass is 9.92. The van der Waals surface area contributed by atoms with Gasteiger partial charge < -0.3 is 9.84 Å². The van der Waals surface area contributed by atoms with Crippen LogP contribution in [-0.2, 0) is 12.8 Å². The van der Waals surface area contributed by atoms with Crippen LogP contribution in [0.1, 0.15) is 42.7 Å². The van der Waals surface area contributed by atoms with Crippen molar-refractivity contribution < 1.29 is 9.84 Å². The number of nitrogens with zero attached hydrogens (tertiary/aromatic N) is 1. The van der Waals surface area contributed by atoms with E-state index in [4.69, 9.17) is 4.74 Å². The first-order valence-corrected chi connectivity index (χ1v) is 7.16. The topological polar surface area (TPSA) is 42.4 Å². The van der Waals surface area contributed by atoms with Gasteiger partial charge in [-0.3, -0.25) is 4.98 Å². The van der Waals surface area contributed by atoms with E-state index in [2.05, 4.69) is 17.1 Å². The van der Waals surface area contributed by atoms with E-state index < -0.39 is 6.10 Å². The van der Waals surface area contributed by atoms with Crippen LogP contribution in [0, 0.1) is 0 Å². The molecule has 2 aromatic rings. The van der Waals surface area contributed by atoms with Gasteiger partial charge in [-0.2, -0.15) is 0 Å². The standard InChI is InChI=1S/C17H19NO2/c1-12(19)17-9-8-16(11-18-17)20-15-7-6-13-4-2-3-5-14(13)10-15/h6-12,19H,2-5H2,1H3/t12-/m0/s1. The molecule has 0 spiro atoms. The highest BCUT2D eigenvalue weighted by Gasteiger charge is 2.10. The molecule has 1 N–H and O–H groups in total. The lowest BCUT2D eigenvalue weighted by Crippen LogP contribution is -2.02. The molecule has 1 aliphatic rings. The summed E-state index contributed by atoms with van der Waals surface area (Å²) in [6, 6.07) is 9.96. The molecule has 1 atom stereocenters. The number of ether oxygens (including phenoxy) is 1. The minimum atomic E-state index is -0.548. The van der Waals surface area contributed by atoms with E-state index in [1.54, 1.807) is 19.2 Å². The van der Waals surface area contributed by atoms with Gasteiger partial charge in [-0.15, -0.1) is 0 Å². The van der Waals surface area contributed by atoms with Crippen molar-refractivity contribution in [2.75, 3.05) is 0 Å². The van der Waals surface area contributed by atoms with Gasteiger partial charge in [0.1, 0.15) is 11.5 Å². The van der Waals surface area contributed by atoms with Crippen molar-refractivity contribution >= 4 is 0 Å². The fourth-order valence-corrected chi connectivity index (χ4v) is 2.61. The second-order valence-electron chi connectivity index (χ2n) is 5.33. The van der Waals surface area contributed by atoms with E-state index in [1.807, 2.05) is 12.1 Å². The SMILES string of the molecule is C[C@H](O)c1ccc(Oc2ccc3c(c2)CCCC3)cn1. The number of aliphatic hydroxyl groups excluding tert-OH is 1. The van der Waals surface area contributed by atoms with Crippen LogP contribution in [0.15, 0.2) is 36.5 Å². The number of aliphatic hydroxyl groups is 1. The molecule has 0 radical (unpaired) electrons. The van der Waals surface area contributed by atoms with Crippen LogP contribution in [0.25, 0.3) is 0 Å². The van der Waals surface area contributed by atoms with Crippen LogP contribution in [0.2, 0.25) is 0 Å². The highest BCUT2D eigenvalue weighted by Crippen LogP contribution is 2.28. The van der Waals surface area contributed by atoms with Gasteiger partial charge in [0.05, 0.1) is 18.0 Å². The molecule has 1 heterocycles. The normalized spacial score (nSPS) is 15.5. The maximum Gasteiger partial charge on any atom is 0.145 e. The largest absolute Gasteiger partial charge is 0.456 e. The first-order chi connectivity index (χ1) is 9.72. The number of fused-ring (bicyclic) bond motifs is 1. The minimum absolute atomic E-state index is 0.548. The molecular formula is C17H19NO2. The maximum absolute atomic E-state index is 9.43. The zero-order chi connectivity index (χ0) is 13.9. The van der Waals surface area contributed by atoms with Crippen molar-refractivity contribution in [1.29, 1.82) is 0 Å². The zero-order valence-electron chi connectivity index (χ0n) is 11.7. The molecule has 20 heavy (non-hydrogen) atoms. The summed E-state index contributed by atoms with van der Waals surface area (Å²) in [5.41, 5.74) is 3.51. The lowest BCUT2D eigenvalue weighted by Gasteiger charge is -2.16. The van der Waals surface area contributed by atoms with Crippen molar-refractivity contribution in [3.8, 4) is 11.5 Å². The molecule has 3 nitrogen and oxygen atoms in total. The molecule has 0 fully saturated rings. The van der Waals surface area contributed by atoms with Crippen LogP contribution < -0.4 is 4.74 Å². The number of aryl methyl sites for hydroxylation is 2. The van der Waals surface area contributed by atoms with E-state index in [9.17, 15) is 5.11 Å². The molecule has 3 rings (SSSR count). The monoisotopic (exact) mass is 269 g/mol. The lowest BCUT2D eigenvalue weighted by molar-refractivity contribution is 0.194. The third-order valence-corrected chi connectivity index (χ3v) is 3.74. The quantitative estimate of drug-likeness (QED) is 0.921. The predicted molar refractivity (Wildman–Crippen MR) is 78.0 cm³/mol. The molecule has 1 aromatic carbocycles. The van der Waals surface area contributed by atoms with Gasteiger partial charge in [-0.25, -0.2) is 0 Å². The molecule has 0 amide bonds. The Morgan fingerprint density at radius 2 is 1.80 bits per heavy atom. The number of aromatic nitrogens is 1. The molecule has 3 heteroatoms. The molecule has 0 unspecified atom stereocenters. The van der Waals surface area contributed by atoms with Crippen LogP contribution in [-0.4, -0.2) is 10.1 Å². The molecular weight excluding hydrogens is 250 g/mol. The number of pyridine rings is 1. The Morgan fingerprint density at radius 1 is 1.05 bits per heavy atom. The van der Waals surface area contributed by atoms with Crippen molar-refractivity contribution in [1.82, 2.24) is 4.98 Å². The van der Waals surface area contributed by atoms with Gasteiger partial charge in [0.2, 0.25) is 0 Å². The van der Waals surface area contributed by atoms with Gasteiger partial charge in [-0.1, -0.05) is 6.07 Å². The van der Waals surface area contributed by atoms with Gasteiger partial charge in [0.25, 0.3) is 0 Å². The first-order valence-electron chi connectivity index (χ1n) is 7.16. The third-order valence-electron chi connectivity index (χ3n) is 3.74. The number of benzene rings is 1. The summed E-state index contributed by atoms with van der Waals surface area (Å²) in [5, 5.41) is 9.43. The Morgan fingerprint density at radius 3 is 2.50 bits per heavy atom. The molecule has 0 bridgehead atoms. The molecule has 1 aromatic heterocycles. The van der Waals surface area contributed by atoms with Crippen molar-refractivity contribution in [3.63, 3.8) is 0 Å². The molecule has 0 aliphatic heterocycles. The fourth-order valence-electron chi connectivity index (χ4n) is 2.61. The average Bonchev–Trinajstić information content (AvgIpc) is 2.48. The summed E-state index contributed by atoms with van der Waals surface area (Å²) in [6.07, 6.45) is 5.99. The first kappa shape index (κ1) is 13.1. The second kappa shape index (κ2) is 5.63. The van der Waals surface area contributed by atoms with Gasteiger partial charge in [0, 0.05) is 0 Å². The molecule has 1 aliphatic carbocycles. The van der Waals surface area contributed by atoms with E-state index in [-0.39, 0.29) is 0 Å². The zero-order valence-corrected chi connectivity index (χ0v) is 11.7. The van der Waals surface area contributed by atoms with Gasteiger partial charge >= 0.3 is 0 Å². The minimum Gasteiger partial charge on any atom is -0.456 e. The Kier molecular flexibility index (Phi) is 3.70. The highest BCUT2D eigenvalue weighted by atomic mass is 16.5. The Labute approximate surface area is 119 Å². The predicted octanol–water partition coefficient (Wildman–Crippen LogP) is 3.81. The highest BCUT2D eigenvalue weighted by molar-refractivity contribution is 5.39. The summed E-state index contributed by atoms with van der Waals surface area (Å²) in [4.78, 5) is 4.19. The van der Waals surface area contributed by atoms with Gasteiger partial charge in [0.15, 0.2) is 0 Å². The number of rotatable bonds is 3. The summed E-state index contributed by atoms with van der Waals surface area (Å²) in [5.74, 6) is 1.56. The summed E-state index contributed by atoms with van der Waals surface area (Å²) < 4.78 is 5.84. The van der Waals surface area contributed by atoms with Crippen molar-refractivity contribution in [2.24, 2.45) is 0 Å². The van der Waals surface area contributed by atoms with Crippen LogP contribution in [0.5, 0.6) is 11.5 Å². The Balaban J connectivity index is 1.77. The summed E-state index contributed by atoms with van der Waals surface area (Å²) >= 11 is 0. The van der Waals surface area contributed by atoms with Crippen LogP contribution in [0.4, 0.5) is 0 Å². The maximum atomic E-state index is 9.43. The van der Waals surface area contributed by atoms with E-state index in [1.165, 1.54) is 30.4 Å². The van der Waals surface area contributed by atoms with Crippen molar-refractivity contribution in [3.05, 3.63) is 53.3 Å². The van der Waals surface area contributed by atoms with E-state index in [0.717, 1.165) is 12.2 Å². The van der Waals surface area contributed by atoms with Crippen LogP contribution in [0.3, 0.4) is 0 Å². The van der Waals surface area contributed by atoms with Gasteiger partial charge in [-0.05, 0) is 68.0 Å². The molecule has 0 saturated heterocycles. The second-order valence-corrected chi connectivity index (χ2v) is 5.33. The van der Waals surface area contributed by atoms with Crippen LogP contribution >= 0.6 is 0 Å². The summed E-state index contributed by atoms with van der Waals surface area (Å²) in [6.45, 7) is 1.70. The Bertz CT molecular complexity index is 590. The van der Waals surface area contributed by atoms with E-state index in [0.29, 0.717) is 11.4 Å². The fraction of sp³-hybridized carbons (Fsp3) is 0.353. The average molecular weight is 269 g/mol. The summed E-state index contributed by atoms with van der Waals surface area (Å²) in [7, 11) is 0. The Hall–Kier alpha value is -1.87. The van der Waals surface area contributed by atoms with Crippen molar-refractivity contribution in [2.45, 2.75) is 38.7 Å². The number of hydrogen-bond acceptors (Lipinski definition) is 3. The molecule has 104 valence electrons. The number of hydrogen-bond donors (Lipinski definition) is 1. The van der Waals surface area contributed by atoms with E-state index >= 15 is 0 Å².